The fraction of sp³-hybridized carbons (Fsp3) is 0.583. The van der Waals surface area contributed by atoms with Gasteiger partial charge in [-0.05, 0) is 49.3 Å². The van der Waals surface area contributed by atoms with Gasteiger partial charge in [0.05, 0.1) is 0 Å². The van der Waals surface area contributed by atoms with Gasteiger partial charge >= 0.3 is 0 Å². The first kappa shape index (κ1) is 10.2. The minimum Gasteiger partial charge on any atom is -0.264 e. The van der Waals surface area contributed by atoms with Crippen LogP contribution in [0.5, 0.6) is 0 Å². The number of aromatic nitrogens is 1. The molecule has 0 saturated heterocycles. The van der Waals surface area contributed by atoms with Gasteiger partial charge in [0, 0.05) is 17.2 Å². The van der Waals surface area contributed by atoms with E-state index in [4.69, 9.17) is 0 Å². The van der Waals surface area contributed by atoms with Gasteiger partial charge < -0.3 is 0 Å². The van der Waals surface area contributed by atoms with Crippen LogP contribution >= 0.6 is 15.9 Å². The number of pyridine rings is 1. The molecule has 1 heterocycles. The number of hydrogen-bond donors (Lipinski definition) is 0. The van der Waals surface area contributed by atoms with Crippen molar-refractivity contribution in [2.45, 2.75) is 43.4 Å². The summed E-state index contributed by atoms with van der Waals surface area (Å²) in [5.74, 6) is 0.724. The summed E-state index contributed by atoms with van der Waals surface area (Å²) in [4.78, 5) is 4.94. The van der Waals surface area contributed by atoms with E-state index in [9.17, 15) is 0 Å². The molecule has 1 fully saturated rings. The van der Waals surface area contributed by atoms with E-state index < -0.39 is 0 Å². The Morgan fingerprint density at radius 3 is 3.00 bits per heavy atom. The van der Waals surface area contributed by atoms with Gasteiger partial charge in [0.1, 0.15) is 0 Å². The molecule has 0 aliphatic heterocycles. The van der Waals surface area contributed by atoms with E-state index >= 15 is 0 Å². The van der Waals surface area contributed by atoms with E-state index in [1.807, 2.05) is 12.4 Å². The fourth-order valence-electron chi connectivity index (χ4n) is 2.32. The molecule has 2 unspecified atom stereocenters. The Hall–Kier alpha value is -0.370. The van der Waals surface area contributed by atoms with E-state index in [0.717, 1.165) is 5.92 Å². The first-order chi connectivity index (χ1) is 6.77. The average Bonchev–Trinajstić information content (AvgIpc) is 2.18. The minimum absolute atomic E-state index is 0.709. The summed E-state index contributed by atoms with van der Waals surface area (Å²) in [6.45, 7) is 2.19. The standard InChI is InChI=1S/C12H16BrN/c1-9-5-6-14-8-12(9)10-3-2-4-11(13)7-10/h5-6,8,10-11H,2-4,7H2,1H3. The Morgan fingerprint density at radius 2 is 2.29 bits per heavy atom. The lowest BCUT2D eigenvalue weighted by Gasteiger charge is -2.26. The number of halogens is 1. The van der Waals surface area contributed by atoms with Gasteiger partial charge in [-0.1, -0.05) is 22.4 Å². The lowest BCUT2D eigenvalue weighted by Crippen LogP contribution is -2.14. The number of rotatable bonds is 1. The number of alkyl halides is 1. The van der Waals surface area contributed by atoms with E-state index in [1.165, 1.54) is 36.8 Å². The van der Waals surface area contributed by atoms with Crippen LogP contribution in [0.15, 0.2) is 18.5 Å². The zero-order valence-electron chi connectivity index (χ0n) is 8.54. The second-order valence-corrected chi connectivity index (χ2v) is 5.49. The second-order valence-electron chi connectivity index (χ2n) is 4.19. The summed E-state index contributed by atoms with van der Waals surface area (Å²) >= 11 is 3.73. The maximum Gasteiger partial charge on any atom is 0.0305 e. The summed E-state index contributed by atoms with van der Waals surface area (Å²) in [7, 11) is 0. The summed E-state index contributed by atoms with van der Waals surface area (Å²) in [5.41, 5.74) is 2.85. The van der Waals surface area contributed by atoms with Crippen molar-refractivity contribution in [1.29, 1.82) is 0 Å². The van der Waals surface area contributed by atoms with Crippen molar-refractivity contribution in [3.05, 3.63) is 29.6 Å². The van der Waals surface area contributed by atoms with Gasteiger partial charge in [0.25, 0.3) is 0 Å². The third kappa shape index (κ3) is 2.17. The summed E-state index contributed by atoms with van der Waals surface area (Å²) in [6, 6.07) is 2.12. The number of hydrogen-bond acceptors (Lipinski definition) is 1. The molecule has 0 spiro atoms. The van der Waals surface area contributed by atoms with Crippen molar-refractivity contribution in [2.24, 2.45) is 0 Å². The molecule has 14 heavy (non-hydrogen) atoms. The molecule has 1 saturated carbocycles. The zero-order valence-corrected chi connectivity index (χ0v) is 10.1. The van der Waals surface area contributed by atoms with E-state index in [-0.39, 0.29) is 0 Å². The highest BCUT2D eigenvalue weighted by molar-refractivity contribution is 9.09. The van der Waals surface area contributed by atoms with Gasteiger partial charge in [-0.15, -0.1) is 0 Å². The predicted molar refractivity (Wildman–Crippen MR) is 62.9 cm³/mol. The maximum absolute atomic E-state index is 4.23. The lowest BCUT2D eigenvalue weighted by molar-refractivity contribution is 0.456. The van der Waals surface area contributed by atoms with Gasteiger partial charge in [0.15, 0.2) is 0 Å². The molecule has 1 aliphatic carbocycles. The minimum atomic E-state index is 0.709. The molecule has 1 aromatic heterocycles. The molecule has 0 radical (unpaired) electrons. The van der Waals surface area contributed by atoms with Crippen LogP contribution in [0, 0.1) is 6.92 Å². The molecule has 1 nitrogen and oxygen atoms in total. The normalized spacial score (nSPS) is 27.6. The Labute approximate surface area is 94.1 Å². The van der Waals surface area contributed by atoms with E-state index in [1.54, 1.807) is 0 Å². The van der Waals surface area contributed by atoms with Crippen LogP contribution in [0.25, 0.3) is 0 Å². The van der Waals surface area contributed by atoms with Crippen LogP contribution in [0.1, 0.15) is 42.7 Å². The van der Waals surface area contributed by atoms with Crippen LogP contribution in [0.3, 0.4) is 0 Å². The summed E-state index contributed by atoms with van der Waals surface area (Å²) < 4.78 is 0. The van der Waals surface area contributed by atoms with Gasteiger partial charge in [-0.3, -0.25) is 4.98 Å². The molecule has 1 aliphatic rings. The molecular formula is C12H16BrN. The van der Waals surface area contributed by atoms with Crippen molar-refractivity contribution >= 4 is 15.9 Å². The molecule has 2 rings (SSSR count). The number of aryl methyl sites for hydroxylation is 1. The highest BCUT2D eigenvalue weighted by atomic mass is 79.9. The Kier molecular flexibility index (Phi) is 3.22. The Balaban J connectivity index is 2.18. The average molecular weight is 254 g/mol. The number of nitrogens with zero attached hydrogens (tertiary/aromatic N) is 1. The van der Waals surface area contributed by atoms with Crippen LogP contribution < -0.4 is 0 Å². The van der Waals surface area contributed by atoms with Crippen LogP contribution in [-0.4, -0.2) is 9.81 Å². The molecule has 1 aromatic rings. The third-order valence-corrected chi connectivity index (χ3v) is 3.96. The first-order valence-electron chi connectivity index (χ1n) is 5.32. The van der Waals surface area contributed by atoms with Crippen molar-refractivity contribution in [3.8, 4) is 0 Å². The van der Waals surface area contributed by atoms with Gasteiger partial charge in [-0.2, -0.15) is 0 Å². The molecule has 0 bridgehead atoms. The summed E-state index contributed by atoms with van der Waals surface area (Å²) in [6.07, 6.45) is 9.20. The van der Waals surface area contributed by atoms with Gasteiger partial charge in [0.2, 0.25) is 0 Å². The predicted octanol–water partition coefficient (Wildman–Crippen LogP) is 3.81. The lowest BCUT2D eigenvalue weighted by atomic mass is 9.83. The van der Waals surface area contributed by atoms with Crippen molar-refractivity contribution in [2.75, 3.05) is 0 Å². The largest absolute Gasteiger partial charge is 0.264 e. The topological polar surface area (TPSA) is 12.9 Å². The highest BCUT2D eigenvalue weighted by Crippen LogP contribution is 2.36. The van der Waals surface area contributed by atoms with E-state index in [0.29, 0.717) is 4.83 Å². The SMILES string of the molecule is Cc1ccncc1C1CCCC(Br)C1. The van der Waals surface area contributed by atoms with E-state index in [2.05, 4.69) is 33.9 Å². The third-order valence-electron chi connectivity index (χ3n) is 3.13. The van der Waals surface area contributed by atoms with Crippen LogP contribution in [0.4, 0.5) is 0 Å². The molecule has 0 amide bonds. The van der Waals surface area contributed by atoms with Crippen molar-refractivity contribution < 1.29 is 0 Å². The molecule has 2 atom stereocenters. The fourth-order valence-corrected chi connectivity index (χ4v) is 3.09. The molecule has 0 N–H and O–H groups in total. The van der Waals surface area contributed by atoms with Crippen LogP contribution in [0.2, 0.25) is 0 Å². The van der Waals surface area contributed by atoms with Gasteiger partial charge in [-0.25, -0.2) is 0 Å². The smallest absolute Gasteiger partial charge is 0.0305 e. The monoisotopic (exact) mass is 253 g/mol. The Bertz CT molecular complexity index is 311. The quantitative estimate of drug-likeness (QED) is 0.694. The van der Waals surface area contributed by atoms with Crippen LogP contribution in [-0.2, 0) is 0 Å². The molecule has 76 valence electrons. The molecule has 2 heteroatoms. The van der Waals surface area contributed by atoms with Crippen molar-refractivity contribution in [1.82, 2.24) is 4.98 Å². The zero-order chi connectivity index (χ0) is 9.97. The summed E-state index contributed by atoms with van der Waals surface area (Å²) in [5, 5.41) is 0. The first-order valence-corrected chi connectivity index (χ1v) is 6.23. The Morgan fingerprint density at radius 1 is 1.43 bits per heavy atom. The molecule has 0 aromatic carbocycles. The highest BCUT2D eigenvalue weighted by Gasteiger charge is 2.22. The maximum atomic E-state index is 4.23. The van der Waals surface area contributed by atoms with Crippen molar-refractivity contribution in [3.63, 3.8) is 0 Å². The molecular weight excluding hydrogens is 238 g/mol. The second kappa shape index (κ2) is 4.43.